The van der Waals surface area contributed by atoms with Crippen molar-refractivity contribution in [3.05, 3.63) is 28.8 Å². The van der Waals surface area contributed by atoms with Crippen molar-refractivity contribution in [1.29, 1.82) is 0 Å². The quantitative estimate of drug-likeness (QED) is 0.623. The second kappa shape index (κ2) is 5.11. The summed E-state index contributed by atoms with van der Waals surface area (Å²) in [6.45, 7) is -3.55. The summed E-state index contributed by atoms with van der Waals surface area (Å²) in [6.07, 6.45) is -5.05. The maximum atomic E-state index is 12.5. The fourth-order valence-electron chi connectivity index (χ4n) is 1.28. The lowest BCUT2D eigenvalue weighted by molar-refractivity contribution is -0.141. The first-order chi connectivity index (χ1) is 8.31. The molecule has 0 aliphatic carbocycles. The van der Waals surface area contributed by atoms with Gasteiger partial charge in [-0.1, -0.05) is 6.07 Å². The lowest BCUT2D eigenvalue weighted by Gasteiger charge is -2.15. The zero-order chi connectivity index (χ0) is 13.9. The first kappa shape index (κ1) is 14.1. The maximum Gasteiger partial charge on any atom is 0.419 e. The Balaban J connectivity index is 3.53. The summed E-state index contributed by atoms with van der Waals surface area (Å²) >= 11 is 0. The van der Waals surface area contributed by atoms with Crippen molar-refractivity contribution in [2.45, 2.75) is 12.8 Å². The van der Waals surface area contributed by atoms with Crippen LogP contribution in [0.25, 0.3) is 0 Å². The molecule has 1 rings (SSSR count). The molecule has 0 saturated carbocycles. The van der Waals surface area contributed by atoms with Gasteiger partial charge in [-0.3, -0.25) is 9.59 Å². The average Bonchev–Trinajstić information content (AvgIpc) is 2.25. The van der Waals surface area contributed by atoms with Crippen LogP contribution >= 0.6 is 0 Å². The number of halogens is 5. The minimum Gasteiger partial charge on any atom is -0.433 e. The summed E-state index contributed by atoms with van der Waals surface area (Å²) in [4.78, 5) is 21.1. The van der Waals surface area contributed by atoms with Crippen molar-refractivity contribution >= 4 is 12.6 Å². The standard InChI is InChI=1S/C10H5F5O3/c11-9(12)18-8-6(4-17)5(3-16)1-2-7(8)10(13,14)15/h1-4,9H. The van der Waals surface area contributed by atoms with E-state index in [1.165, 1.54) is 0 Å². The highest BCUT2D eigenvalue weighted by molar-refractivity contribution is 5.93. The van der Waals surface area contributed by atoms with Crippen LogP contribution < -0.4 is 4.74 Å². The van der Waals surface area contributed by atoms with Gasteiger partial charge in [0, 0.05) is 5.56 Å². The van der Waals surface area contributed by atoms with E-state index in [1.807, 2.05) is 0 Å². The normalized spacial score (nSPS) is 11.4. The van der Waals surface area contributed by atoms with E-state index in [9.17, 15) is 31.5 Å². The van der Waals surface area contributed by atoms with E-state index in [0.717, 1.165) is 0 Å². The number of carbonyl (C=O) groups is 2. The molecule has 0 unspecified atom stereocenters. The molecule has 3 nitrogen and oxygen atoms in total. The van der Waals surface area contributed by atoms with E-state index in [0.29, 0.717) is 12.1 Å². The molecular weight excluding hydrogens is 263 g/mol. The molecule has 0 aliphatic rings. The van der Waals surface area contributed by atoms with Crippen LogP contribution in [0, 0.1) is 0 Å². The van der Waals surface area contributed by atoms with E-state index >= 15 is 0 Å². The van der Waals surface area contributed by atoms with Crippen molar-refractivity contribution in [2.24, 2.45) is 0 Å². The van der Waals surface area contributed by atoms with Crippen LogP contribution in [0.3, 0.4) is 0 Å². The van der Waals surface area contributed by atoms with E-state index in [4.69, 9.17) is 0 Å². The van der Waals surface area contributed by atoms with Gasteiger partial charge in [0.1, 0.15) is 5.75 Å². The molecule has 0 radical (unpaired) electrons. The lowest BCUT2D eigenvalue weighted by atomic mass is 10.0. The SMILES string of the molecule is O=Cc1ccc(C(F)(F)F)c(OC(F)F)c1C=O. The number of hydrogen-bond acceptors (Lipinski definition) is 3. The number of rotatable bonds is 4. The van der Waals surface area contributed by atoms with Crippen LogP contribution in [0.15, 0.2) is 12.1 Å². The Morgan fingerprint density at radius 2 is 1.72 bits per heavy atom. The number of hydrogen-bond donors (Lipinski definition) is 0. The fourth-order valence-corrected chi connectivity index (χ4v) is 1.28. The third kappa shape index (κ3) is 2.82. The Bertz CT molecular complexity index is 467. The van der Waals surface area contributed by atoms with E-state index in [-0.39, 0.29) is 12.6 Å². The number of carbonyl (C=O) groups excluding carboxylic acids is 2. The Morgan fingerprint density at radius 1 is 1.11 bits per heavy atom. The van der Waals surface area contributed by atoms with Gasteiger partial charge in [-0.2, -0.15) is 22.0 Å². The first-order valence-electron chi connectivity index (χ1n) is 4.40. The molecule has 0 amide bonds. The fraction of sp³-hybridized carbons (Fsp3) is 0.200. The molecule has 8 heteroatoms. The molecule has 0 spiro atoms. The molecule has 18 heavy (non-hydrogen) atoms. The van der Waals surface area contributed by atoms with Gasteiger partial charge < -0.3 is 4.74 Å². The van der Waals surface area contributed by atoms with Gasteiger partial charge in [0.2, 0.25) is 0 Å². The van der Waals surface area contributed by atoms with Crippen LogP contribution in [0.1, 0.15) is 26.3 Å². The van der Waals surface area contributed by atoms with Gasteiger partial charge >= 0.3 is 12.8 Å². The number of benzene rings is 1. The van der Waals surface area contributed by atoms with Crippen molar-refractivity contribution in [1.82, 2.24) is 0 Å². The first-order valence-corrected chi connectivity index (χ1v) is 4.40. The molecule has 0 bridgehead atoms. The molecule has 98 valence electrons. The zero-order valence-corrected chi connectivity index (χ0v) is 8.50. The highest BCUT2D eigenvalue weighted by Crippen LogP contribution is 2.39. The predicted molar refractivity (Wildman–Crippen MR) is 48.9 cm³/mol. The minimum atomic E-state index is -4.98. The zero-order valence-electron chi connectivity index (χ0n) is 8.50. The molecule has 0 atom stereocenters. The number of alkyl halides is 5. The Morgan fingerprint density at radius 3 is 2.11 bits per heavy atom. The highest BCUT2D eigenvalue weighted by Gasteiger charge is 2.37. The van der Waals surface area contributed by atoms with Crippen LogP contribution in [0.5, 0.6) is 5.75 Å². The van der Waals surface area contributed by atoms with Crippen molar-refractivity contribution < 1.29 is 36.3 Å². The lowest BCUT2D eigenvalue weighted by Crippen LogP contribution is -2.14. The van der Waals surface area contributed by atoms with Crippen molar-refractivity contribution in [3.8, 4) is 5.75 Å². The molecule has 0 aliphatic heterocycles. The van der Waals surface area contributed by atoms with E-state index in [2.05, 4.69) is 4.74 Å². The number of aldehydes is 2. The summed E-state index contributed by atoms with van der Waals surface area (Å²) in [5, 5.41) is 0. The summed E-state index contributed by atoms with van der Waals surface area (Å²) in [6, 6.07) is 1.10. The van der Waals surface area contributed by atoms with Crippen LogP contribution in [0.4, 0.5) is 22.0 Å². The maximum absolute atomic E-state index is 12.5. The van der Waals surface area contributed by atoms with Gasteiger partial charge in [-0.25, -0.2) is 0 Å². The Hall–Kier alpha value is -1.99. The third-order valence-corrected chi connectivity index (χ3v) is 1.99. The van der Waals surface area contributed by atoms with Gasteiger partial charge in [-0.15, -0.1) is 0 Å². The van der Waals surface area contributed by atoms with E-state index in [1.54, 1.807) is 0 Å². The van der Waals surface area contributed by atoms with Crippen LogP contribution in [-0.4, -0.2) is 19.2 Å². The molecule has 1 aromatic rings. The predicted octanol–water partition coefficient (Wildman–Crippen LogP) is 2.93. The average molecular weight is 268 g/mol. The second-order valence-corrected chi connectivity index (χ2v) is 3.06. The molecule has 1 aromatic carbocycles. The van der Waals surface area contributed by atoms with Crippen molar-refractivity contribution in [2.75, 3.05) is 0 Å². The largest absolute Gasteiger partial charge is 0.433 e. The van der Waals surface area contributed by atoms with Gasteiger partial charge in [0.05, 0.1) is 11.1 Å². The summed E-state index contributed by atoms with van der Waals surface area (Å²) in [5.74, 6) is -1.35. The summed E-state index contributed by atoms with van der Waals surface area (Å²) in [7, 11) is 0. The van der Waals surface area contributed by atoms with E-state index < -0.39 is 35.2 Å². The van der Waals surface area contributed by atoms with Crippen LogP contribution in [0.2, 0.25) is 0 Å². The Kier molecular flexibility index (Phi) is 4.00. The summed E-state index contributed by atoms with van der Waals surface area (Å²) < 4.78 is 65.4. The topological polar surface area (TPSA) is 43.4 Å². The molecule has 0 aromatic heterocycles. The molecular formula is C10H5F5O3. The molecule has 0 heterocycles. The monoisotopic (exact) mass is 268 g/mol. The molecule has 0 N–H and O–H groups in total. The summed E-state index contributed by atoms with van der Waals surface area (Å²) in [5.41, 5.74) is -2.87. The van der Waals surface area contributed by atoms with Crippen molar-refractivity contribution in [3.63, 3.8) is 0 Å². The number of ether oxygens (including phenoxy) is 1. The third-order valence-electron chi connectivity index (χ3n) is 1.99. The Labute approximate surface area is 97.2 Å². The van der Waals surface area contributed by atoms with Gasteiger partial charge in [-0.05, 0) is 6.07 Å². The molecule has 0 saturated heterocycles. The smallest absolute Gasteiger partial charge is 0.419 e. The van der Waals surface area contributed by atoms with Crippen LogP contribution in [-0.2, 0) is 6.18 Å². The highest BCUT2D eigenvalue weighted by atomic mass is 19.4. The van der Waals surface area contributed by atoms with Gasteiger partial charge in [0.15, 0.2) is 12.6 Å². The minimum absolute atomic E-state index is 0.0716. The molecule has 0 fully saturated rings. The second-order valence-electron chi connectivity index (χ2n) is 3.06. The van der Waals surface area contributed by atoms with Gasteiger partial charge in [0.25, 0.3) is 0 Å².